The summed E-state index contributed by atoms with van der Waals surface area (Å²) in [5.74, 6) is 0.551. The van der Waals surface area contributed by atoms with Gasteiger partial charge in [-0.25, -0.2) is 4.98 Å². The first-order valence-corrected chi connectivity index (χ1v) is 11.0. The molecule has 4 aromatic rings. The summed E-state index contributed by atoms with van der Waals surface area (Å²) in [6.07, 6.45) is 4.79. The highest BCUT2D eigenvalue weighted by Gasteiger charge is 2.22. The topological polar surface area (TPSA) is 147 Å². The minimum absolute atomic E-state index is 0.0856. The molecular weight excluding hydrogens is 466 g/mol. The van der Waals surface area contributed by atoms with Gasteiger partial charge in [0, 0.05) is 62.7 Å². The summed E-state index contributed by atoms with van der Waals surface area (Å²) in [4.78, 5) is 37.0. The van der Waals surface area contributed by atoms with E-state index in [2.05, 4.69) is 25.5 Å². The number of likely N-dealkylation sites (N-methyl/N-ethyl adjacent to an activating group) is 2. The second-order valence-electron chi connectivity index (χ2n) is 8.53. The van der Waals surface area contributed by atoms with Crippen molar-refractivity contribution in [2.45, 2.75) is 0 Å². The lowest BCUT2D eigenvalue weighted by molar-refractivity contribution is -0.384. The maximum absolute atomic E-state index is 12.9. The Morgan fingerprint density at radius 1 is 1.19 bits per heavy atom. The van der Waals surface area contributed by atoms with E-state index in [9.17, 15) is 14.9 Å². The third-order valence-electron chi connectivity index (χ3n) is 5.79. The van der Waals surface area contributed by atoms with Crippen molar-refractivity contribution < 1.29 is 9.66 Å². The number of anilines is 3. The van der Waals surface area contributed by atoms with Crippen LogP contribution < -0.4 is 20.5 Å². The van der Waals surface area contributed by atoms with Gasteiger partial charge in [0.2, 0.25) is 5.95 Å². The Morgan fingerprint density at radius 2 is 1.97 bits per heavy atom. The van der Waals surface area contributed by atoms with Crippen LogP contribution in [-0.4, -0.2) is 75.9 Å². The third-order valence-corrected chi connectivity index (χ3v) is 5.79. The Bertz CT molecular complexity index is 1460. The van der Waals surface area contributed by atoms with Crippen molar-refractivity contribution in [2.75, 3.05) is 51.6 Å². The molecule has 0 spiro atoms. The summed E-state index contributed by atoms with van der Waals surface area (Å²) in [7, 11) is 8.78. The van der Waals surface area contributed by atoms with Crippen molar-refractivity contribution in [3.05, 3.63) is 57.3 Å². The number of aryl methyl sites for hydroxylation is 1. The first kappa shape index (κ1) is 24.6. The summed E-state index contributed by atoms with van der Waals surface area (Å²) < 4.78 is 6.94. The van der Waals surface area contributed by atoms with E-state index in [1.807, 2.05) is 23.9 Å². The van der Waals surface area contributed by atoms with Crippen LogP contribution in [0.5, 0.6) is 5.75 Å². The van der Waals surface area contributed by atoms with Gasteiger partial charge in [0.15, 0.2) is 0 Å². The van der Waals surface area contributed by atoms with Crippen LogP contribution in [0.3, 0.4) is 0 Å². The minimum atomic E-state index is -0.436. The molecule has 2 N–H and O–H groups in total. The van der Waals surface area contributed by atoms with Crippen LogP contribution in [0.2, 0.25) is 0 Å². The van der Waals surface area contributed by atoms with Crippen LogP contribution in [-0.2, 0) is 7.05 Å². The molecule has 0 amide bonds. The van der Waals surface area contributed by atoms with Crippen molar-refractivity contribution in [3.8, 4) is 16.9 Å². The van der Waals surface area contributed by atoms with E-state index in [1.165, 1.54) is 17.7 Å². The fourth-order valence-electron chi connectivity index (χ4n) is 3.78. The molecule has 0 aliphatic heterocycles. The summed E-state index contributed by atoms with van der Waals surface area (Å²) in [6, 6.07) is 4.72. The number of nitro groups is 1. The molecule has 13 heteroatoms. The van der Waals surface area contributed by atoms with Gasteiger partial charge < -0.3 is 19.9 Å². The summed E-state index contributed by atoms with van der Waals surface area (Å²) >= 11 is 0. The molecule has 0 unspecified atom stereocenters. The smallest absolute Gasteiger partial charge is 0.294 e. The molecule has 3 heterocycles. The molecule has 0 atom stereocenters. The molecule has 0 radical (unpaired) electrons. The van der Waals surface area contributed by atoms with Crippen molar-refractivity contribution >= 4 is 34.0 Å². The maximum Gasteiger partial charge on any atom is 0.294 e. The number of nitrogens with zero attached hydrogens (tertiary/aromatic N) is 7. The molecule has 4 rings (SSSR count). The number of aromatic amines is 1. The predicted molar refractivity (Wildman–Crippen MR) is 137 cm³/mol. The third kappa shape index (κ3) is 4.81. The minimum Gasteiger partial charge on any atom is -0.494 e. The number of pyridine rings is 1. The number of hydrogen-bond donors (Lipinski definition) is 2. The second-order valence-corrected chi connectivity index (χ2v) is 8.53. The van der Waals surface area contributed by atoms with Crippen molar-refractivity contribution in [1.29, 1.82) is 0 Å². The normalized spacial score (nSPS) is 11.2. The molecule has 188 valence electrons. The van der Waals surface area contributed by atoms with E-state index in [0.717, 1.165) is 6.54 Å². The molecule has 0 fully saturated rings. The van der Waals surface area contributed by atoms with Crippen molar-refractivity contribution in [1.82, 2.24) is 29.6 Å². The SMILES string of the molecule is COc1cc(N(C)CCN(C)C)c([N+](=O)[O-])cc1Nc1ncc2cc(-c3cn[nH]c3)c(=O)n(C)c2n1. The molecule has 0 bridgehead atoms. The van der Waals surface area contributed by atoms with Gasteiger partial charge in [-0.3, -0.25) is 24.6 Å². The Balaban J connectivity index is 1.72. The lowest BCUT2D eigenvalue weighted by Crippen LogP contribution is -2.29. The predicted octanol–water partition coefficient (Wildman–Crippen LogP) is 2.38. The van der Waals surface area contributed by atoms with Gasteiger partial charge in [-0.15, -0.1) is 0 Å². The zero-order chi connectivity index (χ0) is 26.0. The highest BCUT2D eigenvalue weighted by atomic mass is 16.6. The zero-order valence-electron chi connectivity index (χ0n) is 20.6. The fraction of sp³-hybridized carbons (Fsp3) is 0.304. The number of rotatable bonds is 9. The van der Waals surface area contributed by atoms with E-state index in [4.69, 9.17) is 4.74 Å². The molecule has 13 nitrogen and oxygen atoms in total. The first-order chi connectivity index (χ1) is 17.2. The molecule has 1 aromatic carbocycles. The molecule has 3 aromatic heterocycles. The van der Waals surface area contributed by atoms with Gasteiger partial charge >= 0.3 is 0 Å². The Kier molecular flexibility index (Phi) is 6.83. The Labute approximate surface area is 206 Å². The zero-order valence-corrected chi connectivity index (χ0v) is 20.6. The number of benzene rings is 1. The molecule has 36 heavy (non-hydrogen) atoms. The number of nitrogens with one attached hydrogen (secondary N) is 2. The number of H-pyrrole nitrogens is 1. The van der Waals surface area contributed by atoms with E-state index in [-0.39, 0.29) is 17.2 Å². The second kappa shape index (κ2) is 10.00. The summed E-state index contributed by atoms with van der Waals surface area (Å²) in [5.41, 5.74) is 1.95. The van der Waals surface area contributed by atoms with Gasteiger partial charge in [-0.1, -0.05) is 0 Å². The first-order valence-electron chi connectivity index (χ1n) is 11.0. The Hall–Kier alpha value is -4.52. The fourth-order valence-corrected chi connectivity index (χ4v) is 3.78. The van der Waals surface area contributed by atoms with Crippen LogP contribution in [0.15, 0.2) is 41.6 Å². The number of nitro benzene ring substituents is 1. The van der Waals surface area contributed by atoms with Crippen molar-refractivity contribution in [2.24, 2.45) is 7.05 Å². The number of methoxy groups -OCH3 is 1. The molecule has 0 saturated carbocycles. The van der Waals surface area contributed by atoms with E-state index in [1.54, 1.807) is 44.8 Å². The van der Waals surface area contributed by atoms with E-state index >= 15 is 0 Å². The van der Waals surface area contributed by atoms with Crippen molar-refractivity contribution in [3.63, 3.8) is 0 Å². The van der Waals surface area contributed by atoms with Gasteiger partial charge in [0.1, 0.15) is 17.1 Å². The van der Waals surface area contributed by atoms with Crippen LogP contribution in [0, 0.1) is 10.1 Å². The standard InChI is InChI=1S/C23H27N9O4/c1-29(2)6-7-30(3)18-10-20(36-5)17(9-19(18)32(34)35)27-23-24-11-14-8-16(15-12-25-26-13-15)22(33)31(4)21(14)28-23/h8-13H,6-7H2,1-5H3,(H,25,26)(H,24,27,28). The molecular formula is C23H27N9O4. The van der Waals surface area contributed by atoms with Crippen LogP contribution in [0.25, 0.3) is 22.2 Å². The molecule has 0 aliphatic rings. The largest absolute Gasteiger partial charge is 0.494 e. The average Bonchev–Trinajstić information content (AvgIpc) is 3.39. The maximum atomic E-state index is 12.9. The molecule has 0 saturated heterocycles. The number of fused-ring (bicyclic) bond motifs is 1. The van der Waals surface area contributed by atoms with E-state index in [0.29, 0.717) is 45.8 Å². The van der Waals surface area contributed by atoms with Crippen LogP contribution >= 0.6 is 0 Å². The van der Waals surface area contributed by atoms with Crippen LogP contribution in [0.1, 0.15) is 0 Å². The van der Waals surface area contributed by atoms with Gasteiger partial charge in [-0.2, -0.15) is 10.1 Å². The summed E-state index contributed by atoms with van der Waals surface area (Å²) in [6.45, 7) is 1.31. The number of aromatic nitrogens is 5. The highest BCUT2D eigenvalue weighted by molar-refractivity contribution is 5.82. The number of hydrogen-bond acceptors (Lipinski definition) is 10. The lowest BCUT2D eigenvalue weighted by atomic mass is 10.1. The monoisotopic (exact) mass is 493 g/mol. The average molecular weight is 494 g/mol. The Morgan fingerprint density at radius 3 is 2.61 bits per heavy atom. The lowest BCUT2D eigenvalue weighted by Gasteiger charge is -2.22. The molecule has 0 aliphatic carbocycles. The van der Waals surface area contributed by atoms with Crippen LogP contribution in [0.4, 0.5) is 23.0 Å². The summed E-state index contributed by atoms with van der Waals surface area (Å²) in [5, 5.41) is 22.1. The van der Waals surface area contributed by atoms with Gasteiger partial charge in [-0.05, 0) is 20.2 Å². The quantitative estimate of drug-likeness (QED) is 0.263. The van der Waals surface area contributed by atoms with E-state index < -0.39 is 4.92 Å². The highest BCUT2D eigenvalue weighted by Crippen LogP contribution is 2.39. The van der Waals surface area contributed by atoms with Gasteiger partial charge in [0.25, 0.3) is 11.2 Å². The van der Waals surface area contributed by atoms with Gasteiger partial charge in [0.05, 0.1) is 29.5 Å². The number of ether oxygens (including phenoxy) is 1.